The second kappa shape index (κ2) is 6.11. The van der Waals surface area contributed by atoms with Crippen molar-refractivity contribution in [3.8, 4) is 5.69 Å². The highest BCUT2D eigenvalue weighted by molar-refractivity contribution is 5.30. The Morgan fingerprint density at radius 2 is 1.95 bits per heavy atom. The SMILES string of the molecule is CCN(Cc1nnnn1-c1ccccc1)CC(C)(C)O. The zero-order chi connectivity index (χ0) is 14.6. The van der Waals surface area contributed by atoms with Crippen molar-refractivity contribution in [2.24, 2.45) is 0 Å². The molecule has 0 aliphatic rings. The van der Waals surface area contributed by atoms with Gasteiger partial charge >= 0.3 is 0 Å². The van der Waals surface area contributed by atoms with Crippen LogP contribution in [0.4, 0.5) is 0 Å². The van der Waals surface area contributed by atoms with Crippen LogP contribution in [-0.2, 0) is 6.54 Å². The molecule has 0 bridgehead atoms. The minimum atomic E-state index is -0.735. The number of tetrazole rings is 1. The summed E-state index contributed by atoms with van der Waals surface area (Å²) < 4.78 is 1.73. The molecule has 6 nitrogen and oxygen atoms in total. The lowest BCUT2D eigenvalue weighted by Gasteiger charge is -2.27. The summed E-state index contributed by atoms with van der Waals surface area (Å²) in [5.41, 5.74) is 0.202. The van der Waals surface area contributed by atoms with E-state index in [9.17, 15) is 5.11 Å². The molecule has 1 aromatic heterocycles. The van der Waals surface area contributed by atoms with Gasteiger partial charge in [0.1, 0.15) is 0 Å². The minimum Gasteiger partial charge on any atom is -0.389 e. The van der Waals surface area contributed by atoms with Crippen LogP contribution in [-0.4, -0.2) is 48.9 Å². The van der Waals surface area contributed by atoms with Crippen molar-refractivity contribution in [1.82, 2.24) is 25.1 Å². The Hall–Kier alpha value is -1.79. The zero-order valence-corrected chi connectivity index (χ0v) is 12.2. The van der Waals surface area contributed by atoms with Crippen molar-refractivity contribution in [2.45, 2.75) is 32.9 Å². The third kappa shape index (κ3) is 3.85. The molecule has 0 spiro atoms. The van der Waals surface area contributed by atoms with Crippen molar-refractivity contribution in [1.29, 1.82) is 0 Å². The van der Waals surface area contributed by atoms with Gasteiger partial charge in [0.15, 0.2) is 5.82 Å². The molecule has 0 amide bonds. The first-order chi connectivity index (χ1) is 9.49. The highest BCUT2D eigenvalue weighted by atomic mass is 16.3. The smallest absolute Gasteiger partial charge is 0.170 e. The normalized spacial score (nSPS) is 12.1. The van der Waals surface area contributed by atoms with Gasteiger partial charge in [0.05, 0.1) is 17.8 Å². The number of hydrogen-bond acceptors (Lipinski definition) is 5. The fourth-order valence-corrected chi connectivity index (χ4v) is 2.10. The second-order valence-corrected chi connectivity index (χ2v) is 5.46. The van der Waals surface area contributed by atoms with E-state index in [0.29, 0.717) is 13.1 Å². The predicted molar refractivity (Wildman–Crippen MR) is 76.4 cm³/mol. The van der Waals surface area contributed by atoms with Gasteiger partial charge in [-0.3, -0.25) is 4.90 Å². The summed E-state index contributed by atoms with van der Waals surface area (Å²) in [5, 5.41) is 21.8. The van der Waals surface area contributed by atoms with E-state index in [-0.39, 0.29) is 0 Å². The Morgan fingerprint density at radius 1 is 1.25 bits per heavy atom. The molecule has 6 heteroatoms. The average molecular weight is 275 g/mol. The number of aliphatic hydroxyl groups is 1. The maximum atomic E-state index is 9.93. The quantitative estimate of drug-likeness (QED) is 0.859. The van der Waals surface area contributed by atoms with Gasteiger partial charge in [-0.25, -0.2) is 0 Å². The van der Waals surface area contributed by atoms with Crippen LogP contribution in [0.25, 0.3) is 5.69 Å². The summed E-state index contributed by atoms with van der Waals surface area (Å²) in [6.45, 7) is 7.66. The van der Waals surface area contributed by atoms with E-state index in [4.69, 9.17) is 0 Å². The number of hydrogen-bond donors (Lipinski definition) is 1. The van der Waals surface area contributed by atoms with Crippen molar-refractivity contribution in [3.63, 3.8) is 0 Å². The van der Waals surface area contributed by atoms with Crippen LogP contribution in [0.2, 0.25) is 0 Å². The first kappa shape index (κ1) is 14.6. The number of aromatic nitrogens is 4. The summed E-state index contributed by atoms with van der Waals surface area (Å²) in [7, 11) is 0. The lowest BCUT2D eigenvalue weighted by atomic mass is 10.1. The van der Waals surface area contributed by atoms with Gasteiger partial charge in [0.2, 0.25) is 0 Å². The van der Waals surface area contributed by atoms with E-state index < -0.39 is 5.60 Å². The fraction of sp³-hybridized carbons (Fsp3) is 0.500. The predicted octanol–water partition coefficient (Wildman–Crippen LogP) is 1.26. The Balaban J connectivity index is 2.16. The van der Waals surface area contributed by atoms with E-state index in [1.165, 1.54) is 0 Å². The molecule has 0 aliphatic heterocycles. The number of benzene rings is 1. The van der Waals surface area contributed by atoms with Crippen LogP contribution in [0, 0.1) is 0 Å². The summed E-state index contributed by atoms with van der Waals surface area (Å²) >= 11 is 0. The number of likely N-dealkylation sites (N-methyl/N-ethyl adjacent to an activating group) is 1. The van der Waals surface area contributed by atoms with Crippen LogP contribution in [0.5, 0.6) is 0 Å². The van der Waals surface area contributed by atoms with Crippen molar-refractivity contribution < 1.29 is 5.11 Å². The lowest BCUT2D eigenvalue weighted by molar-refractivity contribution is 0.0343. The van der Waals surface area contributed by atoms with Crippen molar-refractivity contribution in [2.75, 3.05) is 13.1 Å². The van der Waals surface area contributed by atoms with Crippen LogP contribution in [0.3, 0.4) is 0 Å². The molecule has 1 aromatic carbocycles. The average Bonchev–Trinajstić information content (AvgIpc) is 2.85. The number of nitrogens with zero attached hydrogens (tertiary/aromatic N) is 5. The van der Waals surface area contributed by atoms with Crippen molar-refractivity contribution >= 4 is 0 Å². The Morgan fingerprint density at radius 3 is 2.55 bits per heavy atom. The molecule has 108 valence electrons. The van der Waals surface area contributed by atoms with Crippen molar-refractivity contribution in [3.05, 3.63) is 36.2 Å². The van der Waals surface area contributed by atoms with Crippen LogP contribution in [0.1, 0.15) is 26.6 Å². The number of rotatable bonds is 6. The van der Waals surface area contributed by atoms with E-state index in [1.807, 2.05) is 30.3 Å². The standard InChI is InChI=1S/C14H21N5O/c1-4-18(11-14(2,3)20)10-13-15-16-17-19(13)12-8-6-5-7-9-12/h5-9,20H,4,10-11H2,1-3H3. The van der Waals surface area contributed by atoms with E-state index in [0.717, 1.165) is 18.1 Å². The van der Waals surface area contributed by atoms with E-state index in [2.05, 4.69) is 27.3 Å². The van der Waals surface area contributed by atoms with Gasteiger partial charge in [-0.2, -0.15) is 4.68 Å². The zero-order valence-electron chi connectivity index (χ0n) is 12.2. The Kier molecular flexibility index (Phi) is 4.46. The highest BCUT2D eigenvalue weighted by Gasteiger charge is 2.19. The largest absolute Gasteiger partial charge is 0.389 e. The summed E-state index contributed by atoms with van der Waals surface area (Å²) in [5.74, 6) is 0.766. The van der Waals surface area contributed by atoms with Crippen LogP contribution in [0.15, 0.2) is 30.3 Å². The third-order valence-electron chi connectivity index (χ3n) is 2.96. The molecule has 2 aromatic rings. The van der Waals surface area contributed by atoms with Gasteiger partial charge in [0.25, 0.3) is 0 Å². The molecule has 0 fully saturated rings. The molecule has 1 heterocycles. The molecular formula is C14H21N5O. The first-order valence-corrected chi connectivity index (χ1v) is 6.77. The molecular weight excluding hydrogens is 254 g/mol. The molecule has 0 aliphatic carbocycles. The van der Waals surface area contributed by atoms with Gasteiger partial charge in [-0.15, -0.1) is 5.10 Å². The molecule has 0 saturated heterocycles. The Bertz CT molecular complexity index is 532. The third-order valence-corrected chi connectivity index (χ3v) is 2.96. The molecule has 2 rings (SSSR count). The summed E-state index contributed by atoms with van der Waals surface area (Å²) in [6, 6.07) is 9.79. The lowest BCUT2D eigenvalue weighted by Crippen LogP contribution is -2.38. The summed E-state index contributed by atoms with van der Waals surface area (Å²) in [6.07, 6.45) is 0. The van der Waals surface area contributed by atoms with E-state index in [1.54, 1.807) is 18.5 Å². The highest BCUT2D eigenvalue weighted by Crippen LogP contribution is 2.11. The summed E-state index contributed by atoms with van der Waals surface area (Å²) in [4.78, 5) is 2.12. The van der Waals surface area contributed by atoms with Crippen LogP contribution < -0.4 is 0 Å². The topological polar surface area (TPSA) is 67.1 Å². The molecule has 0 atom stereocenters. The van der Waals surface area contributed by atoms with Gasteiger partial charge in [0, 0.05) is 6.54 Å². The molecule has 0 unspecified atom stereocenters. The van der Waals surface area contributed by atoms with Crippen LogP contribution >= 0.6 is 0 Å². The maximum Gasteiger partial charge on any atom is 0.170 e. The van der Waals surface area contributed by atoms with E-state index >= 15 is 0 Å². The fourth-order valence-electron chi connectivity index (χ4n) is 2.10. The Labute approximate surface area is 119 Å². The van der Waals surface area contributed by atoms with Gasteiger partial charge in [-0.1, -0.05) is 25.1 Å². The minimum absolute atomic E-state index is 0.575. The van der Waals surface area contributed by atoms with Gasteiger partial charge < -0.3 is 5.11 Å². The first-order valence-electron chi connectivity index (χ1n) is 6.77. The molecule has 20 heavy (non-hydrogen) atoms. The van der Waals surface area contributed by atoms with Gasteiger partial charge in [-0.05, 0) is 43.0 Å². The maximum absolute atomic E-state index is 9.93. The molecule has 1 N–H and O–H groups in total. The second-order valence-electron chi connectivity index (χ2n) is 5.46. The molecule has 0 saturated carbocycles. The molecule has 0 radical (unpaired) electrons. The monoisotopic (exact) mass is 275 g/mol. The number of para-hydroxylation sites is 1.